The minimum Gasteiger partial charge on any atom is -0.497 e. The Labute approximate surface area is 183 Å². The number of methoxy groups -OCH3 is 1. The summed E-state index contributed by atoms with van der Waals surface area (Å²) in [4.78, 5) is 26.9. The van der Waals surface area contributed by atoms with Crippen molar-refractivity contribution in [2.24, 2.45) is 0 Å². The van der Waals surface area contributed by atoms with Gasteiger partial charge >= 0.3 is 0 Å². The van der Waals surface area contributed by atoms with Gasteiger partial charge in [0.25, 0.3) is 0 Å². The van der Waals surface area contributed by atoms with Crippen molar-refractivity contribution in [3.8, 4) is 5.75 Å². The van der Waals surface area contributed by atoms with E-state index in [4.69, 9.17) is 4.74 Å². The zero-order valence-electron chi connectivity index (χ0n) is 18.2. The van der Waals surface area contributed by atoms with E-state index in [9.17, 15) is 18.0 Å². The van der Waals surface area contributed by atoms with Gasteiger partial charge < -0.3 is 15.0 Å². The van der Waals surface area contributed by atoms with E-state index in [0.717, 1.165) is 16.1 Å². The third kappa shape index (κ3) is 6.71. The van der Waals surface area contributed by atoms with Crippen LogP contribution in [0.3, 0.4) is 0 Å². The molecule has 2 amide bonds. The van der Waals surface area contributed by atoms with Gasteiger partial charge in [-0.05, 0) is 31.0 Å². The molecule has 0 spiro atoms. The van der Waals surface area contributed by atoms with E-state index in [2.05, 4.69) is 5.32 Å². The third-order valence-electron chi connectivity index (χ3n) is 4.92. The van der Waals surface area contributed by atoms with Crippen molar-refractivity contribution in [3.63, 3.8) is 0 Å². The Bertz CT molecular complexity index is 995. The summed E-state index contributed by atoms with van der Waals surface area (Å²) in [5, 5.41) is 2.55. The number of hydrogen-bond acceptors (Lipinski definition) is 5. The number of anilines is 1. The van der Waals surface area contributed by atoms with Crippen LogP contribution in [0.25, 0.3) is 0 Å². The monoisotopic (exact) mass is 447 g/mol. The standard InChI is InChI=1S/C22H29N3O5S/c1-17(22(27)23-2)24(14-13-18-9-6-5-7-10-18)21(26)16-25(31(4,28)29)19-11-8-12-20(15-19)30-3/h5-12,15,17H,13-14,16H2,1-4H3,(H,23,27). The summed E-state index contributed by atoms with van der Waals surface area (Å²) in [6.07, 6.45) is 1.57. The lowest BCUT2D eigenvalue weighted by Gasteiger charge is -2.31. The number of carbonyl (C=O) groups is 2. The molecule has 31 heavy (non-hydrogen) atoms. The lowest BCUT2D eigenvalue weighted by molar-refractivity contribution is -0.138. The first-order valence-corrected chi connectivity index (χ1v) is 11.7. The summed E-state index contributed by atoms with van der Waals surface area (Å²) < 4.78 is 31.1. The van der Waals surface area contributed by atoms with Crippen LogP contribution in [0.2, 0.25) is 0 Å². The van der Waals surface area contributed by atoms with E-state index < -0.39 is 28.5 Å². The Morgan fingerprint density at radius 1 is 1.10 bits per heavy atom. The molecule has 0 heterocycles. The van der Waals surface area contributed by atoms with Crippen LogP contribution in [0.1, 0.15) is 12.5 Å². The first-order valence-electron chi connectivity index (χ1n) is 9.84. The van der Waals surface area contributed by atoms with Crippen LogP contribution >= 0.6 is 0 Å². The molecule has 1 unspecified atom stereocenters. The fraction of sp³-hybridized carbons (Fsp3) is 0.364. The molecule has 0 fully saturated rings. The Morgan fingerprint density at radius 2 is 1.77 bits per heavy atom. The van der Waals surface area contributed by atoms with Crippen molar-refractivity contribution in [2.45, 2.75) is 19.4 Å². The van der Waals surface area contributed by atoms with Crippen LogP contribution in [0.4, 0.5) is 5.69 Å². The van der Waals surface area contributed by atoms with E-state index in [1.165, 1.54) is 19.1 Å². The van der Waals surface area contributed by atoms with E-state index in [1.54, 1.807) is 31.2 Å². The molecule has 0 bridgehead atoms. The van der Waals surface area contributed by atoms with E-state index in [0.29, 0.717) is 17.9 Å². The second-order valence-electron chi connectivity index (χ2n) is 7.08. The van der Waals surface area contributed by atoms with Gasteiger partial charge in [-0.15, -0.1) is 0 Å². The molecule has 168 valence electrons. The van der Waals surface area contributed by atoms with Gasteiger partial charge in [0.1, 0.15) is 18.3 Å². The number of likely N-dealkylation sites (N-methyl/N-ethyl adjacent to an activating group) is 1. The van der Waals surface area contributed by atoms with Gasteiger partial charge in [-0.1, -0.05) is 36.4 Å². The van der Waals surface area contributed by atoms with Gasteiger partial charge in [-0.3, -0.25) is 13.9 Å². The minimum absolute atomic E-state index is 0.271. The van der Waals surface area contributed by atoms with Crippen LogP contribution in [0.15, 0.2) is 54.6 Å². The first kappa shape index (κ1) is 24.2. The summed E-state index contributed by atoms with van der Waals surface area (Å²) in [7, 11) is -0.785. The number of hydrogen-bond donors (Lipinski definition) is 1. The fourth-order valence-electron chi connectivity index (χ4n) is 3.16. The molecule has 1 N–H and O–H groups in total. The molecular weight excluding hydrogens is 418 g/mol. The van der Waals surface area contributed by atoms with Gasteiger partial charge in [0.15, 0.2) is 0 Å². The average molecular weight is 448 g/mol. The topological polar surface area (TPSA) is 96.0 Å². The molecule has 2 aromatic carbocycles. The number of carbonyl (C=O) groups excluding carboxylic acids is 2. The minimum atomic E-state index is -3.76. The maximum Gasteiger partial charge on any atom is 0.244 e. The molecule has 0 saturated heterocycles. The second kappa shape index (κ2) is 10.8. The highest BCUT2D eigenvalue weighted by Gasteiger charge is 2.29. The molecule has 2 aromatic rings. The maximum absolute atomic E-state index is 13.2. The van der Waals surface area contributed by atoms with E-state index in [-0.39, 0.29) is 12.5 Å². The van der Waals surface area contributed by atoms with Gasteiger partial charge in [-0.2, -0.15) is 0 Å². The Morgan fingerprint density at radius 3 is 2.35 bits per heavy atom. The highest BCUT2D eigenvalue weighted by atomic mass is 32.2. The lowest BCUT2D eigenvalue weighted by Crippen LogP contribution is -2.51. The quantitative estimate of drug-likeness (QED) is 0.598. The summed E-state index contributed by atoms with van der Waals surface area (Å²) in [6.45, 7) is 1.47. The van der Waals surface area contributed by atoms with Crippen LogP contribution in [-0.2, 0) is 26.0 Å². The summed E-state index contributed by atoms with van der Waals surface area (Å²) in [6, 6.07) is 15.3. The van der Waals surface area contributed by atoms with Crippen molar-refractivity contribution in [1.29, 1.82) is 0 Å². The summed E-state index contributed by atoms with van der Waals surface area (Å²) >= 11 is 0. The fourth-order valence-corrected chi connectivity index (χ4v) is 4.00. The van der Waals surface area contributed by atoms with Crippen LogP contribution in [0.5, 0.6) is 5.75 Å². The smallest absolute Gasteiger partial charge is 0.244 e. The molecule has 0 aliphatic rings. The molecular formula is C22H29N3O5S. The number of nitrogens with zero attached hydrogens (tertiary/aromatic N) is 2. The SMILES string of the molecule is CNC(=O)C(C)N(CCc1ccccc1)C(=O)CN(c1cccc(OC)c1)S(C)(=O)=O. The molecule has 9 heteroatoms. The molecule has 0 aromatic heterocycles. The Hall–Kier alpha value is -3.07. The lowest BCUT2D eigenvalue weighted by atomic mass is 10.1. The van der Waals surface area contributed by atoms with Crippen molar-refractivity contribution >= 4 is 27.5 Å². The van der Waals surface area contributed by atoms with Gasteiger partial charge in [0.05, 0.1) is 19.1 Å². The normalized spacial score (nSPS) is 12.0. The van der Waals surface area contributed by atoms with Crippen molar-refractivity contribution in [2.75, 3.05) is 37.8 Å². The van der Waals surface area contributed by atoms with Crippen LogP contribution in [0, 0.1) is 0 Å². The highest BCUT2D eigenvalue weighted by molar-refractivity contribution is 7.92. The summed E-state index contributed by atoms with van der Waals surface area (Å²) in [5.41, 5.74) is 1.32. The molecule has 0 aliphatic heterocycles. The maximum atomic E-state index is 13.2. The molecule has 8 nitrogen and oxygen atoms in total. The van der Waals surface area contributed by atoms with Crippen LogP contribution < -0.4 is 14.4 Å². The average Bonchev–Trinajstić information content (AvgIpc) is 2.76. The number of sulfonamides is 1. The zero-order chi connectivity index (χ0) is 23.0. The first-order chi connectivity index (χ1) is 14.7. The van der Waals surface area contributed by atoms with Crippen molar-refractivity contribution in [1.82, 2.24) is 10.2 Å². The Balaban J connectivity index is 2.30. The number of rotatable bonds is 10. The highest BCUT2D eigenvalue weighted by Crippen LogP contribution is 2.23. The number of ether oxygens (including phenoxy) is 1. The predicted octanol–water partition coefficient (Wildman–Crippen LogP) is 1.67. The van der Waals surface area contributed by atoms with Crippen molar-refractivity contribution in [3.05, 3.63) is 60.2 Å². The molecule has 0 aliphatic carbocycles. The van der Waals surface area contributed by atoms with E-state index >= 15 is 0 Å². The second-order valence-corrected chi connectivity index (χ2v) is 8.99. The van der Waals surface area contributed by atoms with E-state index in [1.807, 2.05) is 30.3 Å². The Kier molecular flexibility index (Phi) is 8.44. The van der Waals surface area contributed by atoms with Crippen LogP contribution in [-0.4, -0.2) is 64.7 Å². The molecule has 0 radical (unpaired) electrons. The largest absolute Gasteiger partial charge is 0.497 e. The van der Waals surface area contributed by atoms with Gasteiger partial charge in [0.2, 0.25) is 21.8 Å². The van der Waals surface area contributed by atoms with Gasteiger partial charge in [-0.25, -0.2) is 8.42 Å². The third-order valence-corrected chi connectivity index (χ3v) is 6.06. The predicted molar refractivity (Wildman–Crippen MR) is 121 cm³/mol. The molecule has 0 saturated carbocycles. The summed E-state index contributed by atoms with van der Waals surface area (Å²) in [5.74, 6) is -0.327. The molecule has 2 rings (SSSR count). The van der Waals surface area contributed by atoms with Gasteiger partial charge in [0, 0.05) is 19.7 Å². The number of nitrogens with one attached hydrogen (secondary N) is 1. The number of benzene rings is 2. The molecule has 1 atom stereocenters. The zero-order valence-corrected chi connectivity index (χ0v) is 19.1. The van der Waals surface area contributed by atoms with Crippen molar-refractivity contribution < 1.29 is 22.7 Å². The number of amides is 2.